The Morgan fingerprint density at radius 3 is 2.53 bits per heavy atom. The lowest BCUT2D eigenvalue weighted by atomic mass is 9.54. The molecule has 0 radical (unpaired) electrons. The molecular weight excluding hydrogens is 180 g/mol. The van der Waals surface area contributed by atoms with E-state index in [1.165, 1.54) is 38.5 Å². The molecule has 15 heavy (non-hydrogen) atoms. The highest BCUT2D eigenvalue weighted by Gasteiger charge is 2.44. The number of hydrogen-bond donors (Lipinski definition) is 0. The van der Waals surface area contributed by atoms with Crippen molar-refractivity contribution in [2.45, 2.75) is 66.2 Å². The summed E-state index contributed by atoms with van der Waals surface area (Å²) in [5.74, 6) is 3.95. The van der Waals surface area contributed by atoms with Gasteiger partial charge in [-0.2, -0.15) is 0 Å². The van der Waals surface area contributed by atoms with E-state index in [4.69, 9.17) is 0 Å². The van der Waals surface area contributed by atoms with E-state index in [1.54, 1.807) is 0 Å². The van der Waals surface area contributed by atoms with Crippen molar-refractivity contribution in [1.29, 1.82) is 0 Å². The van der Waals surface area contributed by atoms with Gasteiger partial charge < -0.3 is 0 Å². The molecule has 2 rings (SSSR count). The SMILES string of the molecule is CC(C)[C@@H]1CC[C@@]2(C)CCC[C@@H](C)[C@H]2C1. The summed E-state index contributed by atoms with van der Waals surface area (Å²) < 4.78 is 0. The number of fused-ring (bicyclic) bond motifs is 1. The molecule has 0 heterocycles. The smallest absolute Gasteiger partial charge is 0.0295 e. The van der Waals surface area contributed by atoms with Gasteiger partial charge in [0.05, 0.1) is 0 Å². The third kappa shape index (κ3) is 2.10. The lowest BCUT2D eigenvalue weighted by Crippen LogP contribution is -2.41. The van der Waals surface area contributed by atoms with Crippen LogP contribution in [0.25, 0.3) is 0 Å². The molecule has 0 nitrogen and oxygen atoms in total. The Hall–Kier alpha value is 0. The minimum absolute atomic E-state index is 0.711. The van der Waals surface area contributed by atoms with E-state index in [-0.39, 0.29) is 0 Å². The highest BCUT2D eigenvalue weighted by Crippen LogP contribution is 2.54. The molecule has 0 aromatic rings. The van der Waals surface area contributed by atoms with Crippen LogP contribution in [-0.2, 0) is 0 Å². The first-order valence-electron chi connectivity index (χ1n) is 7.03. The average Bonchev–Trinajstić information content (AvgIpc) is 2.17. The van der Waals surface area contributed by atoms with Gasteiger partial charge >= 0.3 is 0 Å². The predicted octanol–water partition coefficient (Wildman–Crippen LogP) is 4.89. The van der Waals surface area contributed by atoms with E-state index in [0.717, 1.165) is 23.7 Å². The second-order valence-electron chi connectivity index (χ2n) is 6.91. The van der Waals surface area contributed by atoms with Crippen molar-refractivity contribution < 1.29 is 0 Å². The van der Waals surface area contributed by atoms with E-state index < -0.39 is 0 Å². The van der Waals surface area contributed by atoms with E-state index in [2.05, 4.69) is 27.7 Å². The fourth-order valence-corrected chi connectivity index (χ4v) is 4.29. The highest BCUT2D eigenvalue weighted by atomic mass is 14.5. The molecule has 0 aromatic carbocycles. The molecule has 0 aromatic heterocycles. The van der Waals surface area contributed by atoms with Gasteiger partial charge in [0.1, 0.15) is 0 Å². The van der Waals surface area contributed by atoms with Crippen molar-refractivity contribution in [2.24, 2.45) is 29.1 Å². The number of hydrogen-bond acceptors (Lipinski definition) is 0. The maximum atomic E-state index is 2.57. The van der Waals surface area contributed by atoms with Crippen molar-refractivity contribution in [1.82, 2.24) is 0 Å². The van der Waals surface area contributed by atoms with Crippen LogP contribution < -0.4 is 0 Å². The summed E-state index contributed by atoms with van der Waals surface area (Å²) in [7, 11) is 0. The molecule has 0 heteroatoms. The van der Waals surface area contributed by atoms with Crippen LogP contribution in [-0.4, -0.2) is 0 Å². The molecule has 2 fully saturated rings. The van der Waals surface area contributed by atoms with Gasteiger partial charge in [-0.1, -0.05) is 40.5 Å². The molecule has 0 bridgehead atoms. The monoisotopic (exact) mass is 208 g/mol. The summed E-state index contributed by atoms with van der Waals surface area (Å²) in [4.78, 5) is 0. The minimum Gasteiger partial charge on any atom is -0.0625 e. The normalized spacial score (nSPS) is 46.6. The van der Waals surface area contributed by atoms with Crippen LogP contribution in [0.5, 0.6) is 0 Å². The van der Waals surface area contributed by atoms with Crippen LogP contribution in [0.1, 0.15) is 66.2 Å². The summed E-state index contributed by atoms with van der Waals surface area (Å²) >= 11 is 0. The maximum Gasteiger partial charge on any atom is -0.0295 e. The van der Waals surface area contributed by atoms with Gasteiger partial charge in [0.15, 0.2) is 0 Å². The van der Waals surface area contributed by atoms with E-state index in [1.807, 2.05) is 0 Å². The lowest BCUT2D eigenvalue weighted by molar-refractivity contribution is -0.00939. The zero-order valence-corrected chi connectivity index (χ0v) is 11.1. The highest BCUT2D eigenvalue weighted by molar-refractivity contribution is 4.94. The van der Waals surface area contributed by atoms with Gasteiger partial charge in [0.2, 0.25) is 0 Å². The van der Waals surface area contributed by atoms with Crippen LogP contribution in [0.4, 0.5) is 0 Å². The standard InChI is InChI=1S/C15H28/c1-11(2)13-7-9-15(4)8-5-6-12(3)14(15)10-13/h11-14H,5-10H2,1-4H3/t12-,13-,14-,15-/m1/s1. The Balaban J connectivity index is 2.09. The zero-order valence-electron chi connectivity index (χ0n) is 11.1. The summed E-state index contributed by atoms with van der Waals surface area (Å²) in [6, 6.07) is 0. The Labute approximate surface area is 95.8 Å². The Kier molecular flexibility index (Phi) is 3.14. The summed E-state index contributed by atoms with van der Waals surface area (Å²) in [6.45, 7) is 9.91. The molecule has 88 valence electrons. The summed E-state index contributed by atoms with van der Waals surface area (Å²) in [6.07, 6.45) is 9.01. The second-order valence-corrected chi connectivity index (χ2v) is 6.91. The molecular formula is C15H28. The first-order valence-corrected chi connectivity index (χ1v) is 7.03. The molecule has 0 aliphatic heterocycles. The van der Waals surface area contributed by atoms with Gasteiger partial charge in [-0.15, -0.1) is 0 Å². The third-order valence-electron chi connectivity index (χ3n) is 5.58. The molecule has 4 atom stereocenters. The molecule has 0 N–H and O–H groups in total. The molecule has 2 aliphatic rings. The first kappa shape index (κ1) is 11.5. The Morgan fingerprint density at radius 2 is 1.87 bits per heavy atom. The minimum atomic E-state index is 0.711. The molecule has 0 amide bonds. The molecule has 2 aliphatic carbocycles. The third-order valence-corrected chi connectivity index (χ3v) is 5.58. The van der Waals surface area contributed by atoms with Crippen LogP contribution in [0.3, 0.4) is 0 Å². The lowest BCUT2D eigenvalue weighted by Gasteiger charge is -2.51. The number of rotatable bonds is 1. The van der Waals surface area contributed by atoms with E-state index >= 15 is 0 Å². The molecule has 0 unspecified atom stereocenters. The topological polar surface area (TPSA) is 0 Å². The van der Waals surface area contributed by atoms with Crippen LogP contribution in [0.2, 0.25) is 0 Å². The Morgan fingerprint density at radius 1 is 1.13 bits per heavy atom. The van der Waals surface area contributed by atoms with Gasteiger partial charge in [-0.25, -0.2) is 0 Å². The fraction of sp³-hybridized carbons (Fsp3) is 1.00. The van der Waals surface area contributed by atoms with Gasteiger partial charge in [0.25, 0.3) is 0 Å². The quantitative estimate of drug-likeness (QED) is 0.576. The van der Waals surface area contributed by atoms with Crippen molar-refractivity contribution in [3.05, 3.63) is 0 Å². The van der Waals surface area contributed by atoms with Gasteiger partial charge in [-0.3, -0.25) is 0 Å². The second kappa shape index (κ2) is 4.11. The zero-order chi connectivity index (χ0) is 11.1. The first-order chi connectivity index (χ1) is 7.03. The Bertz CT molecular complexity index is 218. The molecule has 2 saturated carbocycles. The van der Waals surface area contributed by atoms with Crippen LogP contribution >= 0.6 is 0 Å². The fourth-order valence-electron chi connectivity index (χ4n) is 4.29. The van der Waals surface area contributed by atoms with Crippen molar-refractivity contribution >= 4 is 0 Å². The van der Waals surface area contributed by atoms with E-state index in [0.29, 0.717) is 5.41 Å². The van der Waals surface area contributed by atoms with Gasteiger partial charge in [0, 0.05) is 0 Å². The summed E-state index contributed by atoms with van der Waals surface area (Å²) in [5, 5.41) is 0. The van der Waals surface area contributed by atoms with Gasteiger partial charge in [-0.05, 0) is 54.8 Å². The van der Waals surface area contributed by atoms with Crippen molar-refractivity contribution in [3.63, 3.8) is 0 Å². The van der Waals surface area contributed by atoms with Crippen LogP contribution in [0.15, 0.2) is 0 Å². The maximum absolute atomic E-state index is 2.57. The largest absolute Gasteiger partial charge is 0.0625 e. The molecule has 0 spiro atoms. The van der Waals surface area contributed by atoms with E-state index in [9.17, 15) is 0 Å². The van der Waals surface area contributed by atoms with Crippen LogP contribution in [0, 0.1) is 29.1 Å². The average molecular weight is 208 g/mol. The van der Waals surface area contributed by atoms with Crippen molar-refractivity contribution in [3.8, 4) is 0 Å². The molecule has 0 saturated heterocycles. The van der Waals surface area contributed by atoms with Crippen molar-refractivity contribution in [2.75, 3.05) is 0 Å². The predicted molar refractivity (Wildman–Crippen MR) is 66.8 cm³/mol. The summed E-state index contributed by atoms with van der Waals surface area (Å²) in [5.41, 5.74) is 0.711.